The Bertz CT molecular complexity index is 664. The number of anilines is 1. The Hall–Kier alpha value is -2.16. The minimum atomic E-state index is -0.761. The number of nitrogens with zero attached hydrogens (tertiary/aromatic N) is 2. The van der Waals surface area contributed by atoms with Gasteiger partial charge in [0.05, 0.1) is 17.7 Å². The number of carbonyl (C=O) groups is 2. The highest BCUT2D eigenvalue weighted by Crippen LogP contribution is 2.35. The summed E-state index contributed by atoms with van der Waals surface area (Å²) >= 11 is 3.32. The van der Waals surface area contributed by atoms with Gasteiger partial charge in [-0.05, 0) is 28.4 Å². The monoisotopic (exact) mass is 385 g/mol. The third kappa shape index (κ3) is 3.79. The molecule has 1 N–H and O–H groups in total. The lowest BCUT2D eigenvalue weighted by Gasteiger charge is -2.21. The van der Waals surface area contributed by atoms with Crippen LogP contribution >= 0.6 is 15.9 Å². The van der Waals surface area contributed by atoms with E-state index in [9.17, 15) is 19.7 Å². The van der Waals surface area contributed by atoms with Crippen LogP contribution in [0.25, 0.3) is 0 Å². The fourth-order valence-corrected chi connectivity index (χ4v) is 3.18. The first-order valence-corrected chi connectivity index (χ1v) is 7.71. The second-order valence-electron chi connectivity index (χ2n) is 5.20. The molecule has 8 nitrogen and oxygen atoms in total. The van der Waals surface area contributed by atoms with Gasteiger partial charge in [0, 0.05) is 36.6 Å². The maximum Gasteiger partial charge on any atom is 0.344 e. The minimum Gasteiger partial charge on any atom is -0.465 e. The number of hydrogen-bond acceptors (Lipinski definition) is 6. The van der Waals surface area contributed by atoms with Crippen LogP contribution in [0.5, 0.6) is 0 Å². The van der Waals surface area contributed by atoms with Crippen molar-refractivity contribution in [1.82, 2.24) is 5.32 Å². The van der Waals surface area contributed by atoms with Gasteiger partial charge in [-0.15, -0.1) is 0 Å². The first-order valence-electron chi connectivity index (χ1n) is 6.91. The van der Waals surface area contributed by atoms with Gasteiger partial charge in [0.1, 0.15) is 5.56 Å². The molecule has 0 spiro atoms. The van der Waals surface area contributed by atoms with Crippen LogP contribution in [0.2, 0.25) is 0 Å². The number of methoxy groups -OCH3 is 1. The number of carbonyl (C=O) groups excluding carboxylic acids is 2. The minimum absolute atomic E-state index is 0.0103. The molecule has 1 atom stereocenters. The summed E-state index contributed by atoms with van der Waals surface area (Å²) < 4.78 is 5.14. The molecule has 1 fully saturated rings. The molecule has 1 unspecified atom stereocenters. The topological polar surface area (TPSA) is 102 Å². The molecule has 1 heterocycles. The van der Waals surface area contributed by atoms with Gasteiger partial charge in [-0.1, -0.05) is 0 Å². The number of rotatable bonds is 4. The number of nitro benzene ring substituents is 1. The van der Waals surface area contributed by atoms with Gasteiger partial charge < -0.3 is 15.0 Å². The normalized spacial score (nSPS) is 17.0. The lowest BCUT2D eigenvalue weighted by Crippen LogP contribution is -2.35. The third-order valence-corrected chi connectivity index (χ3v) is 4.24. The molecule has 0 bridgehead atoms. The van der Waals surface area contributed by atoms with E-state index in [1.807, 2.05) is 4.90 Å². The second kappa shape index (κ2) is 6.95. The van der Waals surface area contributed by atoms with E-state index in [-0.39, 0.29) is 23.2 Å². The van der Waals surface area contributed by atoms with Gasteiger partial charge in [-0.2, -0.15) is 0 Å². The van der Waals surface area contributed by atoms with Crippen molar-refractivity contribution in [2.75, 3.05) is 25.1 Å². The van der Waals surface area contributed by atoms with Crippen molar-refractivity contribution in [1.29, 1.82) is 0 Å². The summed E-state index contributed by atoms with van der Waals surface area (Å²) in [7, 11) is 1.18. The van der Waals surface area contributed by atoms with Crippen molar-refractivity contribution in [3.8, 4) is 0 Å². The second-order valence-corrected chi connectivity index (χ2v) is 6.06. The van der Waals surface area contributed by atoms with E-state index < -0.39 is 10.9 Å². The smallest absolute Gasteiger partial charge is 0.344 e. The van der Waals surface area contributed by atoms with E-state index in [2.05, 4.69) is 26.0 Å². The molecule has 23 heavy (non-hydrogen) atoms. The van der Waals surface area contributed by atoms with E-state index in [0.717, 1.165) is 6.42 Å². The van der Waals surface area contributed by atoms with E-state index in [4.69, 9.17) is 0 Å². The molecule has 1 aliphatic rings. The van der Waals surface area contributed by atoms with Crippen LogP contribution < -0.4 is 10.2 Å². The number of nitro groups is 1. The highest BCUT2D eigenvalue weighted by atomic mass is 79.9. The molecule has 1 saturated heterocycles. The molecule has 9 heteroatoms. The number of benzene rings is 1. The van der Waals surface area contributed by atoms with Crippen LogP contribution in [0, 0.1) is 10.1 Å². The van der Waals surface area contributed by atoms with Crippen molar-refractivity contribution in [3.05, 3.63) is 32.3 Å². The summed E-state index contributed by atoms with van der Waals surface area (Å²) in [6.45, 7) is 2.69. The first kappa shape index (κ1) is 17.2. The van der Waals surface area contributed by atoms with Crippen LogP contribution in [0.1, 0.15) is 23.7 Å². The van der Waals surface area contributed by atoms with Gasteiger partial charge in [0.2, 0.25) is 5.91 Å². The summed E-state index contributed by atoms with van der Waals surface area (Å²) in [5.74, 6) is -0.863. The number of esters is 1. The van der Waals surface area contributed by atoms with E-state index in [1.165, 1.54) is 26.2 Å². The van der Waals surface area contributed by atoms with Crippen molar-refractivity contribution < 1.29 is 19.2 Å². The molecule has 1 aromatic rings. The summed E-state index contributed by atoms with van der Waals surface area (Å²) in [6.07, 6.45) is 0.760. The molecule has 0 aromatic heterocycles. The zero-order valence-corrected chi connectivity index (χ0v) is 14.3. The highest BCUT2D eigenvalue weighted by Gasteiger charge is 2.29. The fraction of sp³-hybridized carbons (Fsp3) is 0.429. The zero-order valence-electron chi connectivity index (χ0n) is 12.7. The summed E-state index contributed by atoms with van der Waals surface area (Å²) in [5.41, 5.74) is 0.243. The fourth-order valence-electron chi connectivity index (χ4n) is 2.60. The van der Waals surface area contributed by atoms with Gasteiger partial charge in [-0.3, -0.25) is 14.9 Å². The number of nitrogens with one attached hydrogen (secondary N) is 1. The van der Waals surface area contributed by atoms with Gasteiger partial charge in [0.15, 0.2) is 0 Å². The molecule has 1 aromatic carbocycles. The Balaban J connectivity index is 2.34. The molecular weight excluding hydrogens is 370 g/mol. The highest BCUT2D eigenvalue weighted by molar-refractivity contribution is 9.10. The van der Waals surface area contributed by atoms with Crippen molar-refractivity contribution in [2.45, 2.75) is 19.4 Å². The largest absolute Gasteiger partial charge is 0.465 e. The molecule has 2 rings (SSSR count). The molecule has 0 saturated carbocycles. The SMILES string of the molecule is COC(=O)c1cc(N2CCC(NC(C)=O)C2)c(Br)cc1[N+](=O)[O-]. The predicted molar refractivity (Wildman–Crippen MR) is 86.6 cm³/mol. The van der Waals surface area contributed by atoms with E-state index in [1.54, 1.807) is 0 Å². The Morgan fingerprint density at radius 1 is 1.48 bits per heavy atom. The number of hydrogen-bond donors (Lipinski definition) is 1. The van der Waals surface area contributed by atoms with Crippen molar-refractivity contribution >= 4 is 39.2 Å². The maximum atomic E-state index is 11.8. The standard InChI is InChI=1S/C14H16BrN3O5/c1-8(19)16-9-3-4-17(7-9)13-5-10(14(20)23-2)12(18(21)22)6-11(13)15/h5-6,9H,3-4,7H2,1-2H3,(H,16,19). The van der Waals surface area contributed by atoms with Crippen molar-refractivity contribution in [3.63, 3.8) is 0 Å². The zero-order chi connectivity index (χ0) is 17.1. The quantitative estimate of drug-likeness (QED) is 0.482. The Morgan fingerprint density at radius 3 is 2.74 bits per heavy atom. The third-order valence-electron chi connectivity index (χ3n) is 3.60. The molecule has 0 radical (unpaired) electrons. The van der Waals surface area contributed by atoms with Crippen molar-refractivity contribution in [2.24, 2.45) is 0 Å². The molecule has 1 aliphatic heterocycles. The number of ether oxygens (including phenoxy) is 1. The van der Waals surface area contributed by atoms with E-state index >= 15 is 0 Å². The average Bonchev–Trinajstić information content (AvgIpc) is 2.93. The van der Waals surface area contributed by atoms with Gasteiger partial charge >= 0.3 is 5.97 Å². The first-order chi connectivity index (χ1) is 10.8. The summed E-state index contributed by atoms with van der Waals surface area (Å²) in [5, 5.41) is 14.0. The summed E-state index contributed by atoms with van der Waals surface area (Å²) in [6, 6.07) is 2.76. The number of halogens is 1. The Labute approximate surface area is 141 Å². The van der Waals surface area contributed by atoms with E-state index in [0.29, 0.717) is 23.2 Å². The molecule has 124 valence electrons. The molecule has 1 amide bonds. The van der Waals surface area contributed by atoms with Gasteiger partial charge in [-0.25, -0.2) is 4.79 Å². The van der Waals surface area contributed by atoms with Crippen LogP contribution in [-0.2, 0) is 9.53 Å². The van der Waals surface area contributed by atoms with Crippen LogP contribution in [0.15, 0.2) is 16.6 Å². The average molecular weight is 386 g/mol. The lowest BCUT2D eigenvalue weighted by atomic mass is 10.1. The maximum absolute atomic E-state index is 11.8. The van der Waals surface area contributed by atoms with Crippen LogP contribution in [-0.4, -0.2) is 43.0 Å². The Morgan fingerprint density at radius 2 is 2.17 bits per heavy atom. The van der Waals surface area contributed by atoms with Crippen LogP contribution in [0.3, 0.4) is 0 Å². The molecular formula is C14H16BrN3O5. The van der Waals surface area contributed by atoms with Crippen LogP contribution in [0.4, 0.5) is 11.4 Å². The summed E-state index contributed by atoms with van der Waals surface area (Å²) in [4.78, 5) is 35.4. The molecule has 0 aliphatic carbocycles. The number of amides is 1. The predicted octanol–water partition coefficient (Wildman–Crippen LogP) is 1.86. The Kier molecular flexibility index (Phi) is 5.19. The lowest BCUT2D eigenvalue weighted by molar-refractivity contribution is -0.385. The van der Waals surface area contributed by atoms with Gasteiger partial charge in [0.25, 0.3) is 5.69 Å².